The highest BCUT2D eigenvalue weighted by Gasteiger charge is 2.28. The minimum atomic E-state index is -1.23. The predicted octanol–water partition coefficient (Wildman–Crippen LogP) is 3.59. The number of hydrogen-bond donors (Lipinski definition) is 1. The van der Waals surface area contributed by atoms with Crippen LogP contribution < -0.4 is 14.8 Å². The average molecular weight is 405 g/mol. The van der Waals surface area contributed by atoms with Gasteiger partial charge in [0.25, 0.3) is 5.69 Å². The fourth-order valence-electron chi connectivity index (χ4n) is 3.80. The van der Waals surface area contributed by atoms with Crippen LogP contribution in [0.25, 0.3) is 0 Å². The molecule has 4 rings (SSSR count). The molecule has 2 aromatic rings. The molecule has 154 valence electrons. The summed E-state index contributed by atoms with van der Waals surface area (Å²) < 4.78 is 38.7. The number of halogens is 2. The molecule has 0 aliphatic carbocycles. The van der Waals surface area contributed by atoms with Gasteiger partial charge in [-0.2, -0.15) is 0 Å². The summed E-state index contributed by atoms with van der Waals surface area (Å²) in [5.74, 6) is -0.903. The zero-order valence-electron chi connectivity index (χ0n) is 15.6. The van der Waals surface area contributed by atoms with Crippen LogP contribution in [0.2, 0.25) is 0 Å². The zero-order chi connectivity index (χ0) is 20.4. The van der Waals surface area contributed by atoms with Gasteiger partial charge in [-0.3, -0.25) is 15.0 Å². The number of nitrogens with zero attached hydrogens (tertiary/aromatic N) is 2. The Morgan fingerprint density at radius 1 is 1.21 bits per heavy atom. The summed E-state index contributed by atoms with van der Waals surface area (Å²) in [7, 11) is 0. The summed E-state index contributed by atoms with van der Waals surface area (Å²) in [5.41, 5.74) is -0.478. The smallest absolute Gasteiger partial charge is 0.295 e. The summed E-state index contributed by atoms with van der Waals surface area (Å²) in [4.78, 5) is 12.7. The number of hydrogen-bond acceptors (Lipinski definition) is 6. The van der Waals surface area contributed by atoms with Crippen molar-refractivity contribution in [2.45, 2.75) is 25.0 Å². The van der Waals surface area contributed by atoms with Crippen LogP contribution in [-0.4, -0.2) is 48.2 Å². The quantitative estimate of drug-likeness (QED) is 0.605. The van der Waals surface area contributed by atoms with Crippen LogP contribution in [0, 0.1) is 21.7 Å². The van der Waals surface area contributed by atoms with Crippen LogP contribution in [0.4, 0.5) is 20.2 Å². The number of rotatable bonds is 5. The third kappa shape index (κ3) is 4.40. The number of piperidine rings is 1. The number of nitrogens with one attached hydrogen (secondary N) is 1. The van der Waals surface area contributed by atoms with Crippen LogP contribution in [0.5, 0.6) is 11.5 Å². The Kier molecular flexibility index (Phi) is 5.48. The maximum absolute atomic E-state index is 13.6. The number of para-hydroxylation sites is 2. The zero-order valence-corrected chi connectivity index (χ0v) is 15.6. The normalized spacial score (nSPS) is 21.6. The van der Waals surface area contributed by atoms with E-state index in [1.54, 1.807) is 0 Å². The minimum absolute atomic E-state index is 0.00747. The molecule has 2 aromatic carbocycles. The minimum Gasteiger partial charge on any atom is -0.486 e. The second-order valence-corrected chi connectivity index (χ2v) is 7.28. The van der Waals surface area contributed by atoms with Gasteiger partial charge in [0, 0.05) is 25.2 Å². The van der Waals surface area contributed by atoms with Gasteiger partial charge in [0.15, 0.2) is 23.1 Å². The van der Waals surface area contributed by atoms with E-state index in [0.29, 0.717) is 31.5 Å². The first-order valence-electron chi connectivity index (χ1n) is 9.50. The largest absolute Gasteiger partial charge is 0.486 e. The predicted molar refractivity (Wildman–Crippen MR) is 102 cm³/mol. The summed E-state index contributed by atoms with van der Waals surface area (Å²) in [6.07, 6.45) is 1.53. The molecule has 1 fully saturated rings. The van der Waals surface area contributed by atoms with Gasteiger partial charge in [0.05, 0.1) is 11.0 Å². The molecule has 0 aromatic heterocycles. The molecule has 29 heavy (non-hydrogen) atoms. The SMILES string of the molecule is O=[N+]([O-])c1cc(F)c(F)cc1N[C@H]1CCCN(C[C@H]2COc3ccccc3O2)C1. The van der Waals surface area contributed by atoms with Crippen molar-refractivity contribution in [1.29, 1.82) is 0 Å². The first-order valence-corrected chi connectivity index (χ1v) is 9.50. The number of fused-ring (bicyclic) bond motifs is 1. The number of benzene rings is 2. The first kappa shape index (κ1) is 19.4. The van der Waals surface area contributed by atoms with Crippen molar-refractivity contribution >= 4 is 11.4 Å². The van der Waals surface area contributed by atoms with Crippen molar-refractivity contribution in [1.82, 2.24) is 4.90 Å². The van der Waals surface area contributed by atoms with E-state index in [4.69, 9.17) is 9.47 Å². The molecule has 0 saturated carbocycles. The molecule has 0 spiro atoms. The van der Waals surface area contributed by atoms with Gasteiger partial charge >= 0.3 is 0 Å². The lowest BCUT2D eigenvalue weighted by atomic mass is 10.0. The second kappa shape index (κ2) is 8.20. The lowest BCUT2D eigenvalue weighted by Gasteiger charge is -2.36. The number of ether oxygens (including phenoxy) is 2. The van der Waals surface area contributed by atoms with Gasteiger partial charge in [-0.25, -0.2) is 8.78 Å². The lowest BCUT2D eigenvalue weighted by Crippen LogP contribution is -2.48. The maximum atomic E-state index is 13.6. The molecule has 1 N–H and O–H groups in total. The van der Waals surface area contributed by atoms with Gasteiger partial charge < -0.3 is 14.8 Å². The van der Waals surface area contributed by atoms with Crippen molar-refractivity contribution < 1.29 is 23.2 Å². The highest BCUT2D eigenvalue weighted by molar-refractivity contribution is 5.62. The van der Waals surface area contributed by atoms with E-state index in [9.17, 15) is 18.9 Å². The molecule has 2 heterocycles. The Morgan fingerprint density at radius 2 is 1.97 bits per heavy atom. The van der Waals surface area contributed by atoms with E-state index in [0.717, 1.165) is 31.2 Å². The molecule has 2 aliphatic heterocycles. The van der Waals surface area contributed by atoms with Crippen LogP contribution in [0.1, 0.15) is 12.8 Å². The van der Waals surface area contributed by atoms with Crippen molar-refractivity contribution in [3.8, 4) is 11.5 Å². The second-order valence-electron chi connectivity index (χ2n) is 7.28. The molecular formula is C20H21F2N3O4. The Labute approximate surface area is 166 Å². The topological polar surface area (TPSA) is 76.9 Å². The molecular weight excluding hydrogens is 384 g/mol. The fourth-order valence-corrected chi connectivity index (χ4v) is 3.80. The number of nitro groups is 1. The Morgan fingerprint density at radius 3 is 2.76 bits per heavy atom. The first-order chi connectivity index (χ1) is 14.0. The van der Waals surface area contributed by atoms with Crippen molar-refractivity contribution in [3.05, 3.63) is 58.1 Å². The molecule has 1 saturated heterocycles. The third-order valence-electron chi connectivity index (χ3n) is 5.13. The maximum Gasteiger partial charge on any atom is 0.295 e. The molecule has 0 amide bonds. The van der Waals surface area contributed by atoms with Crippen LogP contribution in [0.3, 0.4) is 0 Å². The Bertz CT molecular complexity index is 911. The molecule has 2 atom stereocenters. The van der Waals surface area contributed by atoms with Gasteiger partial charge in [0.2, 0.25) is 0 Å². The standard InChI is InChI=1S/C20H21F2N3O4/c21-15-8-17(18(25(26)27)9-16(15)22)23-13-4-3-7-24(10-13)11-14-12-28-19-5-1-2-6-20(19)29-14/h1-2,5-6,8-9,13-14,23H,3-4,7,10-12H2/t13-,14-/m0/s1. The van der Waals surface area contributed by atoms with E-state index >= 15 is 0 Å². The molecule has 0 unspecified atom stereocenters. The monoisotopic (exact) mass is 405 g/mol. The molecule has 2 aliphatic rings. The number of likely N-dealkylation sites (tertiary alicyclic amines) is 1. The fraction of sp³-hybridized carbons (Fsp3) is 0.400. The van der Waals surface area contributed by atoms with Crippen molar-refractivity contribution in [3.63, 3.8) is 0 Å². The molecule has 7 nitrogen and oxygen atoms in total. The van der Waals surface area contributed by atoms with E-state index < -0.39 is 22.2 Å². The van der Waals surface area contributed by atoms with Crippen LogP contribution in [-0.2, 0) is 0 Å². The lowest BCUT2D eigenvalue weighted by molar-refractivity contribution is -0.384. The van der Waals surface area contributed by atoms with E-state index in [1.807, 2.05) is 24.3 Å². The average Bonchev–Trinajstić information content (AvgIpc) is 2.70. The van der Waals surface area contributed by atoms with Crippen molar-refractivity contribution in [2.24, 2.45) is 0 Å². The summed E-state index contributed by atoms with van der Waals surface area (Å²) in [6.45, 7) is 2.56. The molecule has 9 heteroatoms. The molecule has 0 bridgehead atoms. The highest BCUT2D eigenvalue weighted by atomic mass is 19.2. The summed E-state index contributed by atoms with van der Waals surface area (Å²) >= 11 is 0. The Hall–Kier alpha value is -2.94. The van der Waals surface area contributed by atoms with Gasteiger partial charge in [0.1, 0.15) is 18.4 Å². The Balaban J connectivity index is 1.39. The third-order valence-corrected chi connectivity index (χ3v) is 5.13. The van der Waals surface area contributed by atoms with Crippen LogP contribution >= 0.6 is 0 Å². The van der Waals surface area contributed by atoms with E-state index in [1.165, 1.54) is 0 Å². The van der Waals surface area contributed by atoms with Crippen molar-refractivity contribution in [2.75, 3.05) is 31.6 Å². The van der Waals surface area contributed by atoms with Crippen LogP contribution in [0.15, 0.2) is 36.4 Å². The highest BCUT2D eigenvalue weighted by Crippen LogP contribution is 2.32. The number of anilines is 1. The van der Waals surface area contributed by atoms with E-state index in [2.05, 4.69) is 10.2 Å². The van der Waals surface area contributed by atoms with Gasteiger partial charge in [-0.05, 0) is 31.5 Å². The summed E-state index contributed by atoms with van der Waals surface area (Å²) in [5, 5.41) is 14.2. The van der Waals surface area contributed by atoms with E-state index in [-0.39, 0.29) is 17.8 Å². The van der Waals surface area contributed by atoms with Gasteiger partial charge in [-0.1, -0.05) is 12.1 Å². The van der Waals surface area contributed by atoms with Gasteiger partial charge in [-0.15, -0.1) is 0 Å². The molecule has 0 radical (unpaired) electrons. The number of nitro benzene ring substituents is 1. The summed E-state index contributed by atoms with van der Waals surface area (Å²) in [6, 6.07) is 8.85.